The van der Waals surface area contributed by atoms with Crippen LogP contribution in [0.2, 0.25) is 0 Å². The number of nitrogens with zero attached hydrogens (tertiary/aromatic N) is 1. The van der Waals surface area contributed by atoms with Gasteiger partial charge in [-0.2, -0.15) is 0 Å². The Bertz CT molecular complexity index is 163. The van der Waals surface area contributed by atoms with Gasteiger partial charge < -0.3 is 14.4 Å². The molecule has 64 valence electrons. The third-order valence-electron chi connectivity index (χ3n) is 1.98. The summed E-state index contributed by atoms with van der Waals surface area (Å²) >= 11 is 0. The second kappa shape index (κ2) is 2.70. The SMILES string of the molecule is COC(=O)N1CC(C)(OC)C1. The van der Waals surface area contributed by atoms with Gasteiger partial charge in [0.1, 0.15) is 5.60 Å². The van der Waals surface area contributed by atoms with E-state index in [2.05, 4.69) is 4.74 Å². The molecule has 0 aromatic rings. The van der Waals surface area contributed by atoms with E-state index in [1.165, 1.54) is 7.11 Å². The van der Waals surface area contributed by atoms with Crippen LogP contribution < -0.4 is 0 Å². The molecule has 1 rings (SSSR count). The molecule has 1 amide bonds. The molecule has 0 aromatic carbocycles. The van der Waals surface area contributed by atoms with Crippen molar-refractivity contribution in [3.63, 3.8) is 0 Å². The highest BCUT2D eigenvalue weighted by atomic mass is 16.5. The maximum atomic E-state index is 10.8. The predicted octanol–water partition coefficient (Wildman–Crippen LogP) is 0.474. The Morgan fingerprint density at radius 1 is 1.45 bits per heavy atom. The molecule has 0 atom stereocenters. The molecule has 0 N–H and O–H groups in total. The van der Waals surface area contributed by atoms with Gasteiger partial charge in [0, 0.05) is 7.11 Å². The standard InChI is InChI=1S/C7H13NO3/c1-7(11-3)4-8(5-7)6(9)10-2/h4-5H2,1-3H3. The minimum atomic E-state index is -0.278. The van der Waals surface area contributed by atoms with Crippen LogP contribution in [0.5, 0.6) is 0 Å². The molecular weight excluding hydrogens is 146 g/mol. The third kappa shape index (κ3) is 1.45. The highest BCUT2D eigenvalue weighted by Gasteiger charge is 2.41. The fourth-order valence-corrected chi connectivity index (χ4v) is 1.15. The molecular formula is C7H13NO3. The van der Waals surface area contributed by atoms with Crippen molar-refractivity contribution < 1.29 is 14.3 Å². The van der Waals surface area contributed by atoms with Crippen LogP contribution in [0, 0.1) is 0 Å². The molecule has 4 heteroatoms. The molecule has 1 heterocycles. The van der Waals surface area contributed by atoms with Crippen LogP contribution in [-0.2, 0) is 9.47 Å². The number of carbonyl (C=O) groups excluding carboxylic acids is 1. The Hall–Kier alpha value is -0.770. The number of likely N-dealkylation sites (tertiary alicyclic amines) is 1. The van der Waals surface area contributed by atoms with Gasteiger partial charge in [-0.15, -0.1) is 0 Å². The molecule has 0 aliphatic carbocycles. The summed E-state index contributed by atoms with van der Waals surface area (Å²) in [6.07, 6.45) is -0.278. The molecule has 1 aliphatic heterocycles. The van der Waals surface area contributed by atoms with Crippen molar-refractivity contribution in [2.45, 2.75) is 12.5 Å². The number of carbonyl (C=O) groups is 1. The van der Waals surface area contributed by atoms with E-state index < -0.39 is 0 Å². The molecule has 0 aromatic heterocycles. The average Bonchev–Trinajstić information content (AvgIpc) is 1.97. The number of rotatable bonds is 1. The first kappa shape index (κ1) is 8.33. The normalized spacial score (nSPS) is 20.8. The van der Waals surface area contributed by atoms with E-state index in [0.29, 0.717) is 13.1 Å². The van der Waals surface area contributed by atoms with Gasteiger partial charge in [0.2, 0.25) is 0 Å². The van der Waals surface area contributed by atoms with Crippen molar-refractivity contribution in [1.29, 1.82) is 0 Å². The largest absolute Gasteiger partial charge is 0.453 e. The van der Waals surface area contributed by atoms with Gasteiger partial charge in [-0.1, -0.05) is 0 Å². The third-order valence-corrected chi connectivity index (χ3v) is 1.98. The van der Waals surface area contributed by atoms with Crippen LogP contribution in [0.25, 0.3) is 0 Å². The first-order chi connectivity index (χ1) is 5.11. The Morgan fingerprint density at radius 3 is 2.36 bits per heavy atom. The van der Waals surface area contributed by atoms with Crippen LogP contribution in [0.15, 0.2) is 0 Å². The maximum Gasteiger partial charge on any atom is 0.409 e. The minimum Gasteiger partial charge on any atom is -0.453 e. The summed E-state index contributed by atoms with van der Waals surface area (Å²) in [7, 11) is 3.03. The zero-order valence-electron chi connectivity index (χ0n) is 7.09. The molecule has 4 nitrogen and oxygen atoms in total. The van der Waals surface area contributed by atoms with E-state index in [9.17, 15) is 4.79 Å². The average molecular weight is 159 g/mol. The summed E-state index contributed by atoms with van der Waals surface area (Å²) in [6, 6.07) is 0. The Balaban J connectivity index is 2.34. The summed E-state index contributed by atoms with van der Waals surface area (Å²) in [5, 5.41) is 0. The summed E-state index contributed by atoms with van der Waals surface area (Å²) < 4.78 is 9.67. The molecule has 1 aliphatic rings. The smallest absolute Gasteiger partial charge is 0.409 e. The Labute approximate surface area is 66.1 Å². The van der Waals surface area contributed by atoms with Crippen LogP contribution in [0.1, 0.15) is 6.92 Å². The van der Waals surface area contributed by atoms with Gasteiger partial charge in [0.05, 0.1) is 20.2 Å². The van der Waals surface area contributed by atoms with Crippen LogP contribution in [0.4, 0.5) is 4.79 Å². The molecule has 0 spiro atoms. The number of methoxy groups -OCH3 is 2. The maximum absolute atomic E-state index is 10.8. The van der Waals surface area contributed by atoms with Crippen LogP contribution in [-0.4, -0.2) is 43.9 Å². The molecule has 11 heavy (non-hydrogen) atoms. The first-order valence-corrected chi connectivity index (χ1v) is 3.49. The van der Waals surface area contributed by atoms with E-state index >= 15 is 0 Å². The van der Waals surface area contributed by atoms with Gasteiger partial charge in [-0.3, -0.25) is 0 Å². The molecule has 0 unspecified atom stereocenters. The van der Waals surface area contributed by atoms with E-state index in [4.69, 9.17) is 4.74 Å². The summed E-state index contributed by atoms with van der Waals surface area (Å²) in [6.45, 7) is 3.21. The molecule has 0 radical (unpaired) electrons. The van der Waals surface area contributed by atoms with E-state index in [0.717, 1.165) is 0 Å². The summed E-state index contributed by atoms with van der Waals surface area (Å²) in [5.41, 5.74) is -0.159. The zero-order chi connectivity index (χ0) is 8.48. The number of hydrogen-bond donors (Lipinski definition) is 0. The Morgan fingerprint density at radius 2 is 2.00 bits per heavy atom. The number of ether oxygens (including phenoxy) is 2. The number of amides is 1. The van der Waals surface area contributed by atoms with Crippen molar-refractivity contribution in [1.82, 2.24) is 4.90 Å². The van der Waals surface area contributed by atoms with Gasteiger partial charge in [0.15, 0.2) is 0 Å². The lowest BCUT2D eigenvalue weighted by molar-refractivity contribution is -0.0997. The summed E-state index contributed by atoms with van der Waals surface area (Å²) in [5.74, 6) is 0. The van der Waals surface area contributed by atoms with Crippen molar-refractivity contribution in [3.8, 4) is 0 Å². The van der Waals surface area contributed by atoms with Crippen molar-refractivity contribution in [3.05, 3.63) is 0 Å². The van der Waals surface area contributed by atoms with E-state index in [1.807, 2.05) is 6.92 Å². The summed E-state index contributed by atoms with van der Waals surface area (Å²) in [4.78, 5) is 12.4. The van der Waals surface area contributed by atoms with Crippen LogP contribution in [0.3, 0.4) is 0 Å². The lowest BCUT2D eigenvalue weighted by atomic mass is 9.97. The fourth-order valence-electron chi connectivity index (χ4n) is 1.15. The lowest BCUT2D eigenvalue weighted by Gasteiger charge is -2.45. The molecule has 1 fully saturated rings. The molecule has 1 saturated heterocycles. The van der Waals surface area contributed by atoms with Gasteiger partial charge in [-0.25, -0.2) is 4.79 Å². The second-order valence-electron chi connectivity index (χ2n) is 2.98. The first-order valence-electron chi connectivity index (χ1n) is 3.49. The quantitative estimate of drug-likeness (QED) is 0.558. The minimum absolute atomic E-state index is 0.159. The molecule has 0 bridgehead atoms. The Kier molecular flexibility index (Phi) is 2.04. The highest BCUT2D eigenvalue weighted by molar-refractivity contribution is 5.68. The second-order valence-corrected chi connectivity index (χ2v) is 2.98. The molecule has 0 saturated carbocycles. The van der Waals surface area contributed by atoms with E-state index in [-0.39, 0.29) is 11.7 Å². The zero-order valence-corrected chi connectivity index (χ0v) is 7.09. The van der Waals surface area contributed by atoms with Gasteiger partial charge in [0.25, 0.3) is 0 Å². The van der Waals surface area contributed by atoms with Crippen LogP contribution >= 0.6 is 0 Å². The van der Waals surface area contributed by atoms with E-state index in [1.54, 1.807) is 12.0 Å². The highest BCUT2D eigenvalue weighted by Crippen LogP contribution is 2.23. The van der Waals surface area contributed by atoms with Crippen molar-refractivity contribution in [2.24, 2.45) is 0 Å². The van der Waals surface area contributed by atoms with Crippen molar-refractivity contribution in [2.75, 3.05) is 27.3 Å². The lowest BCUT2D eigenvalue weighted by Crippen LogP contribution is -2.62. The fraction of sp³-hybridized carbons (Fsp3) is 0.857. The predicted molar refractivity (Wildman–Crippen MR) is 39.4 cm³/mol. The van der Waals surface area contributed by atoms with Crippen molar-refractivity contribution >= 4 is 6.09 Å². The van der Waals surface area contributed by atoms with Gasteiger partial charge >= 0.3 is 6.09 Å². The van der Waals surface area contributed by atoms with Gasteiger partial charge in [-0.05, 0) is 6.92 Å². The topological polar surface area (TPSA) is 38.8 Å². The number of hydrogen-bond acceptors (Lipinski definition) is 3. The monoisotopic (exact) mass is 159 g/mol.